The zero-order chi connectivity index (χ0) is 27.4. The summed E-state index contributed by atoms with van der Waals surface area (Å²) in [7, 11) is -1.95. The topological polar surface area (TPSA) is 65.1 Å². The van der Waals surface area contributed by atoms with Gasteiger partial charge in [-0.1, -0.05) is 93.6 Å². The van der Waals surface area contributed by atoms with Crippen molar-refractivity contribution in [3.63, 3.8) is 0 Å². The van der Waals surface area contributed by atoms with E-state index in [1.54, 1.807) is 4.90 Å². The monoisotopic (exact) mass is 545 g/mol. The number of carbonyl (C=O) groups is 2. The minimum atomic E-state index is -1.95. The molecule has 3 fully saturated rings. The van der Waals surface area contributed by atoms with Crippen molar-refractivity contribution >= 4 is 20.2 Å². The van der Waals surface area contributed by atoms with Crippen molar-refractivity contribution in [3.05, 3.63) is 83.9 Å². The Morgan fingerprint density at radius 3 is 2.10 bits per heavy atom. The number of ketones is 1. The maximum atomic E-state index is 14.6. The molecule has 6 nitrogen and oxygen atoms in total. The predicted molar refractivity (Wildman–Crippen MR) is 152 cm³/mol. The number of ether oxygens (including phenoxy) is 2. The van der Waals surface area contributed by atoms with Gasteiger partial charge < -0.3 is 13.9 Å². The molecule has 4 aliphatic rings. The molecule has 1 amide bonds. The molecule has 2 saturated heterocycles. The van der Waals surface area contributed by atoms with Gasteiger partial charge in [-0.2, -0.15) is 0 Å². The van der Waals surface area contributed by atoms with Gasteiger partial charge in [0.05, 0.1) is 23.7 Å². The maximum absolute atomic E-state index is 14.6. The number of nitrogens with zero attached hydrogens (tertiary/aromatic N) is 1. The van der Waals surface area contributed by atoms with Crippen LogP contribution in [0.1, 0.15) is 51.7 Å². The lowest BCUT2D eigenvalue weighted by Crippen LogP contribution is -2.63. The molecular formula is C32H39NO5Si. The van der Waals surface area contributed by atoms with Crippen LogP contribution in [0.25, 0.3) is 0 Å². The van der Waals surface area contributed by atoms with Crippen LogP contribution in [0.4, 0.5) is 4.79 Å². The van der Waals surface area contributed by atoms with Gasteiger partial charge in [-0.15, -0.1) is 0 Å². The smallest absolute Gasteiger partial charge is 0.412 e. The lowest BCUT2D eigenvalue weighted by atomic mass is 9.78. The summed E-state index contributed by atoms with van der Waals surface area (Å²) in [5.41, 5.74) is 0.0939. The first kappa shape index (κ1) is 26.5. The molecule has 39 heavy (non-hydrogen) atoms. The zero-order valence-corrected chi connectivity index (χ0v) is 24.3. The molecule has 1 aliphatic carbocycles. The van der Waals surface area contributed by atoms with Crippen LogP contribution < -0.4 is 0 Å². The molecule has 206 valence electrons. The highest BCUT2D eigenvalue weighted by atomic mass is 28.4. The summed E-state index contributed by atoms with van der Waals surface area (Å²) >= 11 is 0. The van der Waals surface area contributed by atoms with Crippen LogP contribution in [0.2, 0.25) is 18.1 Å². The van der Waals surface area contributed by atoms with Gasteiger partial charge in [0.2, 0.25) is 0 Å². The second-order valence-corrected chi connectivity index (χ2v) is 16.3. The average molecular weight is 546 g/mol. The summed E-state index contributed by atoms with van der Waals surface area (Å²) in [6.07, 6.45) is 4.50. The Morgan fingerprint density at radius 2 is 1.54 bits per heavy atom. The van der Waals surface area contributed by atoms with Crippen LogP contribution in [-0.4, -0.2) is 55.0 Å². The van der Waals surface area contributed by atoms with Crippen molar-refractivity contribution in [2.75, 3.05) is 0 Å². The van der Waals surface area contributed by atoms with Gasteiger partial charge in [0.15, 0.2) is 19.7 Å². The number of fused-ring (bicyclic) bond motifs is 1. The van der Waals surface area contributed by atoms with Gasteiger partial charge >= 0.3 is 6.09 Å². The fourth-order valence-corrected chi connectivity index (χ4v) is 10.6. The third-order valence-corrected chi connectivity index (χ3v) is 14.7. The van der Waals surface area contributed by atoms with E-state index in [1.807, 2.05) is 73.7 Å². The molecule has 6 rings (SSSR count). The van der Waals surface area contributed by atoms with E-state index in [9.17, 15) is 9.59 Å². The molecule has 6 atom stereocenters. The van der Waals surface area contributed by atoms with Gasteiger partial charge in [-0.05, 0) is 37.9 Å². The minimum absolute atomic E-state index is 0.0469. The largest absolute Gasteiger partial charge is 0.431 e. The number of benzene rings is 2. The number of rotatable bonds is 8. The van der Waals surface area contributed by atoms with E-state index in [1.165, 1.54) is 0 Å². The van der Waals surface area contributed by atoms with E-state index in [0.717, 1.165) is 42.1 Å². The van der Waals surface area contributed by atoms with E-state index in [4.69, 9.17) is 13.9 Å². The lowest BCUT2D eigenvalue weighted by Gasteiger charge is -2.45. The summed E-state index contributed by atoms with van der Waals surface area (Å²) in [4.78, 5) is 30.1. The molecule has 0 N–H and O–H groups in total. The summed E-state index contributed by atoms with van der Waals surface area (Å²) in [6.45, 7) is 8.63. The molecule has 3 aliphatic heterocycles. The van der Waals surface area contributed by atoms with Crippen LogP contribution in [0.15, 0.2) is 72.8 Å². The molecular weight excluding hydrogens is 506 g/mol. The Balaban J connectivity index is 1.39. The molecule has 0 unspecified atom stereocenters. The molecule has 0 radical (unpaired) electrons. The second kappa shape index (κ2) is 9.72. The molecule has 1 saturated carbocycles. The van der Waals surface area contributed by atoms with Crippen LogP contribution >= 0.6 is 0 Å². The Kier molecular flexibility index (Phi) is 6.60. The Hall–Kier alpha value is -2.74. The van der Waals surface area contributed by atoms with Crippen molar-refractivity contribution in [1.29, 1.82) is 0 Å². The Bertz CT molecular complexity index is 1210. The first-order chi connectivity index (χ1) is 18.8. The SMILES string of the molecule is CC[Si](CC)(CC)O[C@H]1CC[C@@]23C=C[C@@H](O2)[C@@H](N2C(=O)OC(c4ccccc4)(c4ccccc4)[C@H]2C)C(=O)[C@H]13. The van der Waals surface area contributed by atoms with E-state index >= 15 is 0 Å². The molecule has 2 aromatic carbocycles. The number of carbonyl (C=O) groups excluding carboxylic acids is 2. The highest BCUT2D eigenvalue weighted by Gasteiger charge is 2.66. The number of hydrogen-bond acceptors (Lipinski definition) is 5. The highest BCUT2D eigenvalue weighted by Crippen LogP contribution is 2.54. The number of amides is 1. The predicted octanol–water partition coefficient (Wildman–Crippen LogP) is 6.22. The van der Waals surface area contributed by atoms with Gasteiger partial charge in [-0.3, -0.25) is 9.69 Å². The molecule has 1 spiro atoms. The van der Waals surface area contributed by atoms with E-state index in [2.05, 4.69) is 26.8 Å². The molecule has 2 bridgehead atoms. The van der Waals surface area contributed by atoms with Gasteiger partial charge in [-0.25, -0.2) is 4.79 Å². The van der Waals surface area contributed by atoms with Crippen LogP contribution in [0.3, 0.4) is 0 Å². The van der Waals surface area contributed by atoms with Crippen LogP contribution in [0, 0.1) is 5.92 Å². The second-order valence-electron chi connectivity index (χ2n) is 11.6. The first-order valence-corrected chi connectivity index (χ1v) is 17.1. The third kappa shape index (κ3) is 3.80. The number of cyclic esters (lactones) is 1. The molecule has 7 heteroatoms. The van der Waals surface area contributed by atoms with Gasteiger partial charge in [0, 0.05) is 11.1 Å². The molecule has 0 aromatic heterocycles. The summed E-state index contributed by atoms with van der Waals surface area (Å²) in [5.74, 6) is -0.372. The zero-order valence-electron chi connectivity index (χ0n) is 23.3. The maximum Gasteiger partial charge on any atom is 0.412 e. The van der Waals surface area contributed by atoms with E-state index in [-0.39, 0.29) is 11.9 Å². The Labute approximate surface area is 232 Å². The van der Waals surface area contributed by atoms with Crippen LogP contribution in [0.5, 0.6) is 0 Å². The van der Waals surface area contributed by atoms with Crippen molar-refractivity contribution < 1.29 is 23.5 Å². The van der Waals surface area contributed by atoms with Gasteiger partial charge in [0.25, 0.3) is 0 Å². The van der Waals surface area contributed by atoms with Crippen molar-refractivity contribution in [2.24, 2.45) is 5.92 Å². The lowest BCUT2D eigenvalue weighted by molar-refractivity contribution is -0.164. The Morgan fingerprint density at radius 1 is 0.949 bits per heavy atom. The molecule has 3 heterocycles. The highest BCUT2D eigenvalue weighted by molar-refractivity contribution is 6.73. The first-order valence-electron chi connectivity index (χ1n) is 14.6. The minimum Gasteiger partial charge on any atom is -0.431 e. The summed E-state index contributed by atoms with van der Waals surface area (Å²) in [6, 6.07) is 21.6. The van der Waals surface area contributed by atoms with Crippen LogP contribution in [-0.2, 0) is 24.3 Å². The normalized spacial score (nSPS) is 32.9. The van der Waals surface area contributed by atoms with E-state index in [0.29, 0.717) is 0 Å². The summed E-state index contributed by atoms with van der Waals surface area (Å²) < 4.78 is 20.0. The van der Waals surface area contributed by atoms with Crippen molar-refractivity contribution in [3.8, 4) is 0 Å². The van der Waals surface area contributed by atoms with Crippen molar-refractivity contribution in [2.45, 2.75) is 94.2 Å². The van der Waals surface area contributed by atoms with Gasteiger partial charge in [0.1, 0.15) is 12.1 Å². The fraction of sp³-hybridized carbons (Fsp3) is 0.500. The van der Waals surface area contributed by atoms with Crippen molar-refractivity contribution in [1.82, 2.24) is 4.90 Å². The average Bonchev–Trinajstić information content (AvgIpc) is 3.61. The van der Waals surface area contributed by atoms with E-state index < -0.39 is 49.7 Å². The quantitative estimate of drug-likeness (QED) is 0.291. The molecule has 2 aromatic rings. The number of hydrogen-bond donors (Lipinski definition) is 0. The third-order valence-electron chi connectivity index (χ3n) is 10.1. The standard InChI is InChI=1S/C32H39NO5Si/c1-5-39(6-2,7-3)38-25-18-20-31-21-19-26(36-31)28(29(34)27(25)31)33-22(4)32(37-30(33)35,23-14-10-8-11-15-23)24-16-12-9-13-17-24/h8-17,19,21-22,25-28H,5-7,18,20H2,1-4H3/t22-,25+,26-,27+,28-,31+/m1/s1. The number of Topliss-reactive ketones (excluding diaryl/α,β-unsaturated/α-hetero) is 1. The summed E-state index contributed by atoms with van der Waals surface area (Å²) in [5, 5.41) is 0. The fourth-order valence-electron chi connectivity index (χ4n) is 7.72.